The lowest BCUT2D eigenvalue weighted by Gasteiger charge is -2.26. The average molecular weight is 573 g/mol. The number of carbonyl (C=O) groups excluding carboxylic acids is 1. The number of amides is 1. The van der Waals surface area contributed by atoms with Gasteiger partial charge in [0.15, 0.2) is 23.8 Å². The molecule has 40 heavy (non-hydrogen) atoms. The van der Waals surface area contributed by atoms with Gasteiger partial charge in [-0.3, -0.25) is 14.3 Å². The number of aromatic nitrogens is 4. The van der Waals surface area contributed by atoms with E-state index in [-0.39, 0.29) is 17.0 Å². The van der Waals surface area contributed by atoms with Gasteiger partial charge < -0.3 is 36.5 Å². The molecule has 0 bridgehead atoms. The number of hydrogen-bond donors (Lipinski definition) is 5. The summed E-state index contributed by atoms with van der Waals surface area (Å²) in [7, 11) is 0. The highest BCUT2D eigenvalue weighted by Gasteiger charge is 2.49. The van der Waals surface area contributed by atoms with Crippen LogP contribution in [0, 0.1) is 0 Å². The number of morpholine rings is 1. The fourth-order valence-electron chi connectivity index (χ4n) is 4.74. The first-order valence-corrected chi connectivity index (χ1v) is 14.0. The van der Waals surface area contributed by atoms with Crippen molar-refractivity contribution < 1.29 is 29.3 Å². The number of carboxylic acid groups (broad SMARTS) is 1. The average Bonchev–Trinajstić information content (AvgIpc) is 3.52. The highest BCUT2D eigenvalue weighted by molar-refractivity contribution is 7.98. The maximum absolute atomic E-state index is 12.9. The highest BCUT2D eigenvalue weighted by Crippen LogP contribution is 2.32. The first-order chi connectivity index (χ1) is 19.3. The quantitative estimate of drug-likeness (QED) is 0.205. The number of aliphatic hydroxyl groups excluding tert-OH is 1. The van der Waals surface area contributed by atoms with E-state index in [1.807, 2.05) is 0 Å². The minimum absolute atomic E-state index is 0.128. The third-order valence-electron chi connectivity index (χ3n) is 6.92. The van der Waals surface area contributed by atoms with Crippen molar-refractivity contribution >= 4 is 40.6 Å². The van der Waals surface area contributed by atoms with Crippen LogP contribution < -0.4 is 16.8 Å². The molecule has 0 spiro atoms. The van der Waals surface area contributed by atoms with Crippen LogP contribution in [0.5, 0.6) is 0 Å². The van der Waals surface area contributed by atoms with Crippen molar-refractivity contribution in [3.05, 3.63) is 48.0 Å². The van der Waals surface area contributed by atoms with E-state index in [1.165, 1.54) is 34.5 Å². The van der Waals surface area contributed by atoms with Crippen molar-refractivity contribution in [2.24, 2.45) is 5.73 Å². The number of benzene rings is 1. The molecule has 15 heteroatoms. The molecule has 2 saturated heterocycles. The van der Waals surface area contributed by atoms with Gasteiger partial charge in [-0.05, 0) is 11.1 Å². The van der Waals surface area contributed by atoms with E-state index in [1.54, 1.807) is 0 Å². The number of fused-ring (bicyclic) bond motifs is 1. The predicted octanol–water partition coefficient (Wildman–Crippen LogP) is -0.671. The van der Waals surface area contributed by atoms with E-state index < -0.39 is 42.4 Å². The van der Waals surface area contributed by atoms with Gasteiger partial charge in [0, 0.05) is 31.1 Å². The topological polar surface area (TPSA) is 204 Å². The second-order valence-corrected chi connectivity index (χ2v) is 10.8. The number of hydrogen-bond acceptors (Lipinski definition) is 12. The summed E-state index contributed by atoms with van der Waals surface area (Å²) in [5.74, 6) is -0.843. The van der Waals surface area contributed by atoms with Crippen LogP contribution in [0.15, 0.2) is 36.9 Å². The van der Waals surface area contributed by atoms with Crippen LogP contribution in [0.4, 0.5) is 5.82 Å². The number of ether oxygens (including phenoxy) is 2. The van der Waals surface area contributed by atoms with Crippen LogP contribution >= 0.6 is 11.8 Å². The molecule has 2 aromatic heterocycles. The first-order valence-electron chi connectivity index (χ1n) is 12.8. The monoisotopic (exact) mass is 572 g/mol. The van der Waals surface area contributed by atoms with Crippen molar-refractivity contribution in [1.82, 2.24) is 29.7 Å². The fraction of sp³-hybridized carbons (Fsp3) is 0.480. The Bertz CT molecular complexity index is 1330. The number of thioether (sulfide) groups is 1. The molecule has 2 fully saturated rings. The zero-order valence-corrected chi connectivity index (χ0v) is 22.4. The number of nitrogens with zero attached hydrogens (tertiary/aromatic N) is 5. The predicted molar refractivity (Wildman–Crippen MR) is 146 cm³/mol. The highest BCUT2D eigenvalue weighted by atomic mass is 32.2. The molecule has 3 aromatic rings. The molecule has 1 aromatic carbocycles. The zero-order chi connectivity index (χ0) is 28.2. The second kappa shape index (κ2) is 12.4. The minimum atomic E-state index is -1.52. The van der Waals surface area contributed by atoms with Crippen molar-refractivity contribution in [2.75, 3.05) is 37.8 Å². The maximum Gasteiger partial charge on any atom is 0.335 e. The molecule has 2 aliphatic heterocycles. The molecular weight excluding hydrogens is 540 g/mol. The van der Waals surface area contributed by atoms with Crippen LogP contribution in [0.2, 0.25) is 0 Å². The SMILES string of the molecule is Nc1ncnc2c1ncn2[C@@H]1O[C@H](C(=O)O)[C@@H](NC(=O)[C@H](N)CSCc2ccc(CN3CCOCC3)cc2)[C@H]1O. The molecule has 0 saturated carbocycles. The number of nitrogen functional groups attached to an aromatic ring is 1. The minimum Gasteiger partial charge on any atom is -0.479 e. The molecule has 0 aliphatic carbocycles. The van der Waals surface area contributed by atoms with Gasteiger partial charge in [-0.2, -0.15) is 11.8 Å². The van der Waals surface area contributed by atoms with Gasteiger partial charge in [-0.25, -0.2) is 19.7 Å². The van der Waals surface area contributed by atoms with Gasteiger partial charge in [0.05, 0.1) is 31.6 Å². The number of aliphatic hydroxyl groups is 1. The molecule has 5 rings (SSSR count). The lowest BCUT2D eigenvalue weighted by atomic mass is 10.1. The summed E-state index contributed by atoms with van der Waals surface area (Å²) in [4.78, 5) is 39.2. The molecule has 2 aliphatic rings. The molecule has 14 nitrogen and oxygen atoms in total. The van der Waals surface area contributed by atoms with Crippen LogP contribution in [-0.4, -0.2) is 103 Å². The van der Waals surface area contributed by atoms with Gasteiger partial charge in [0.25, 0.3) is 0 Å². The number of carbonyl (C=O) groups is 2. The first kappa shape index (κ1) is 28.2. The Kier molecular flexibility index (Phi) is 8.78. The summed E-state index contributed by atoms with van der Waals surface area (Å²) in [6.45, 7) is 4.27. The summed E-state index contributed by atoms with van der Waals surface area (Å²) in [6, 6.07) is 6.17. The van der Waals surface area contributed by atoms with Gasteiger partial charge in [-0.15, -0.1) is 0 Å². The summed E-state index contributed by atoms with van der Waals surface area (Å²) in [5.41, 5.74) is 14.8. The summed E-state index contributed by atoms with van der Waals surface area (Å²) in [6.07, 6.45) is -1.57. The van der Waals surface area contributed by atoms with Gasteiger partial charge >= 0.3 is 5.97 Å². The molecule has 4 heterocycles. The summed E-state index contributed by atoms with van der Waals surface area (Å²) < 4.78 is 12.4. The summed E-state index contributed by atoms with van der Waals surface area (Å²) in [5, 5.41) is 23.2. The van der Waals surface area contributed by atoms with Crippen molar-refractivity contribution in [2.45, 2.75) is 42.8 Å². The molecule has 0 unspecified atom stereocenters. The largest absolute Gasteiger partial charge is 0.479 e. The van der Waals surface area contributed by atoms with E-state index in [4.69, 9.17) is 20.9 Å². The van der Waals surface area contributed by atoms with Crippen LogP contribution in [0.3, 0.4) is 0 Å². The van der Waals surface area contributed by atoms with E-state index in [2.05, 4.69) is 49.4 Å². The number of nitrogens with one attached hydrogen (secondary N) is 1. The molecule has 0 radical (unpaired) electrons. The lowest BCUT2D eigenvalue weighted by Crippen LogP contribution is -2.54. The van der Waals surface area contributed by atoms with E-state index >= 15 is 0 Å². The van der Waals surface area contributed by atoms with Crippen molar-refractivity contribution in [3.8, 4) is 0 Å². The Morgan fingerprint density at radius 1 is 1.15 bits per heavy atom. The molecular formula is C25H32N8O6S. The second-order valence-electron chi connectivity index (χ2n) is 9.72. The van der Waals surface area contributed by atoms with Crippen LogP contribution in [-0.2, 0) is 31.4 Å². The number of carboxylic acids is 1. The van der Waals surface area contributed by atoms with E-state index in [9.17, 15) is 19.8 Å². The molecule has 1 amide bonds. The number of anilines is 1. The van der Waals surface area contributed by atoms with Crippen molar-refractivity contribution in [3.63, 3.8) is 0 Å². The number of imidazole rings is 1. The maximum atomic E-state index is 12.9. The summed E-state index contributed by atoms with van der Waals surface area (Å²) >= 11 is 1.49. The number of rotatable bonds is 10. The third-order valence-corrected chi connectivity index (χ3v) is 8.05. The van der Waals surface area contributed by atoms with E-state index in [0.29, 0.717) is 11.5 Å². The smallest absolute Gasteiger partial charge is 0.335 e. The Hall–Kier alpha value is -3.34. The van der Waals surface area contributed by atoms with E-state index in [0.717, 1.165) is 38.4 Å². The van der Waals surface area contributed by atoms with Crippen molar-refractivity contribution in [1.29, 1.82) is 0 Å². The van der Waals surface area contributed by atoms with Gasteiger partial charge in [0.1, 0.15) is 17.9 Å². The molecule has 5 atom stereocenters. The Balaban J connectivity index is 1.14. The van der Waals surface area contributed by atoms with Crippen LogP contribution in [0.25, 0.3) is 11.2 Å². The Morgan fingerprint density at radius 2 is 1.88 bits per heavy atom. The molecule has 214 valence electrons. The van der Waals surface area contributed by atoms with Gasteiger partial charge in [0.2, 0.25) is 5.91 Å². The van der Waals surface area contributed by atoms with Crippen LogP contribution in [0.1, 0.15) is 17.4 Å². The lowest BCUT2D eigenvalue weighted by molar-refractivity contribution is -0.152. The third kappa shape index (κ3) is 6.19. The zero-order valence-electron chi connectivity index (χ0n) is 21.6. The normalized spacial score (nSPS) is 24.2. The number of nitrogens with two attached hydrogens (primary N) is 2. The van der Waals surface area contributed by atoms with Gasteiger partial charge in [-0.1, -0.05) is 24.3 Å². The Morgan fingerprint density at radius 3 is 2.60 bits per heavy atom. The standard InChI is InChI=1S/C25H32N8O6S/c26-16(11-40-10-15-3-1-14(2-4-15)9-32-5-7-38-8-6-32)23(35)31-17-19(34)24(39-20(17)25(36)37)33-13-30-18-21(27)28-12-29-22(18)33/h1-4,12-13,16-17,19-20,24,34H,5-11,26H2,(H,31,35)(H,36,37)(H2,27,28,29)/t16-,17+,19-,20+,24-/m1/s1. The number of aliphatic carboxylic acids is 1. The fourth-order valence-corrected chi connectivity index (χ4v) is 5.69. The Labute approximate surface area is 234 Å². The molecule has 7 N–H and O–H groups in total.